The Labute approximate surface area is 685 Å². The quantitative estimate of drug-likeness (QED) is 0.121. The molecule has 548 valence electrons. The van der Waals surface area contributed by atoms with E-state index in [1.807, 2.05) is 54.6 Å². The molecule has 3 aliphatic rings. The summed E-state index contributed by atoms with van der Waals surface area (Å²) in [6.07, 6.45) is 0. The Kier molecular flexibility index (Phi) is 17.4. The van der Waals surface area contributed by atoms with E-state index in [0.29, 0.717) is 22.8 Å². The van der Waals surface area contributed by atoms with Crippen LogP contribution in [0.2, 0.25) is 0 Å². The van der Waals surface area contributed by atoms with E-state index >= 15 is 0 Å². The van der Waals surface area contributed by atoms with Gasteiger partial charge < -0.3 is 0 Å². The van der Waals surface area contributed by atoms with Crippen molar-refractivity contribution in [3.8, 4) is 158 Å². The number of benzene rings is 17. The van der Waals surface area contributed by atoms with E-state index < -0.39 is 10.8 Å². The summed E-state index contributed by atoms with van der Waals surface area (Å²) in [4.78, 5) is 20.4. The zero-order valence-corrected chi connectivity index (χ0v) is 64.1. The Hall–Kier alpha value is -15.9. The molecule has 2 heterocycles. The van der Waals surface area contributed by atoms with Crippen molar-refractivity contribution >= 4 is 10.8 Å². The molecule has 0 radical (unpaired) electrons. The van der Waals surface area contributed by atoms with Crippen LogP contribution in [0.15, 0.2) is 425 Å². The summed E-state index contributed by atoms with van der Waals surface area (Å²) in [5.41, 5.74) is 36.0. The van der Waals surface area contributed by atoms with Gasteiger partial charge in [-0.15, -0.1) is 0 Å². The van der Waals surface area contributed by atoms with Crippen LogP contribution in [0.3, 0.4) is 0 Å². The standard InChI is InChI=1S/C58H35N3.C54H35N3/c59-36-37-24-31-53-50(32-37)48-30-29-43(34-54(48)58(53)51-22-8-6-19-46(51)47-20-7-9-23-52(47)58)39-27-25-38(26-28-39)42-16-10-17-44(33-42)56-35-55(41-13-2-1-3-14-41)60-57(61-56)49-21-11-15-40-12-4-5-18-45(40)49;55-36-37-24-31-49-48(32-37)47-30-29-43(34-50(47)54(49,45-20-9-3-10-21-45)46-22-11-4-12-23-46)39-27-25-38(26-28-39)42-18-13-19-44(33-42)52-35-51(40-14-5-1-6-15-40)56-53(57-52)41-16-7-2-8-17-41/h1-35H;1-35H. The molecule has 0 N–H and O–H groups in total. The van der Waals surface area contributed by atoms with Crippen LogP contribution in [-0.4, -0.2) is 19.9 Å². The minimum atomic E-state index is -0.542. The highest BCUT2D eigenvalue weighted by Gasteiger charge is 2.52. The average Bonchev–Trinajstić information content (AvgIpc) is 1.67. The van der Waals surface area contributed by atoms with Gasteiger partial charge in [-0.2, -0.15) is 10.5 Å². The lowest BCUT2D eigenvalue weighted by Gasteiger charge is -2.34. The Morgan fingerprint density at radius 1 is 0.186 bits per heavy atom. The van der Waals surface area contributed by atoms with Crippen LogP contribution < -0.4 is 0 Å². The van der Waals surface area contributed by atoms with Gasteiger partial charge in [-0.05, 0) is 194 Å². The van der Waals surface area contributed by atoms with Gasteiger partial charge in [0.05, 0.1) is 56.9 Å². The van der Waals surface area contributed by atoms with Gasteiger partial charge in [0.1, 0.15) is 0 Å². The number of hydrogen-bond donors (Lipinski definition) is 0. The summed E-state index contributed by atoms with van der Waals surface area (Å²) in [6, 6.07) is 155. The van der Waals surface area contributed by atoms with Crippen LogP contribution in [0, 0.1) is 22.7 Å². The molecule has 0 aliphatic heterocycles. The second-order valence-electron chi connectivity index (χ2n) is 30.5. The molecule has 0 amide bonds. The second-order valence-corrected chi connectivity index (χ2v) is 30.5. The first-order chi connectivity index (χ1) is 58.4. The molecule has 0 bridgehead atoms. The Morgan fingerprint density at radius 2 is 0.508 bits per heavy atom. The predicted octanol–water partition coefficient (Wildman–Crippen LogP) is 27.2. The topological polar surface area (TPSA) is 99.1 Å². The predicted molar refractivity (Wildman–Crippen MR) is 479 cm³/mol. The van der Waals surface area contributed by atoms with Gasteiger partial charge in [0, 0.05) is 33.4 Å². The van der Waals surface area contributed by atoms with Crippen LogP contribution in [0.25, 0.3) is 156 Å². The maximum Gasteiger partial charge on any atom is 0.161 e. The first-order valence-electron chi connectivity index (χ1n) is 39.9. The highest BCUT2D eigenvalue weighted by atomic mass is 14.9. The molecule has 0 saturated carbocycles. The van der Waals surface area contributed by atoms with Gasteiger partial charge >= 0.3 is 0 Å². The normalized spacial score (nSPS) is 12.5. The van der Waals surface area contributed by atoms with Crippen LogP contribution in [-0.2, 0) is 10.8 Å². The fourth-order valence-corrected chi connectivity index (χ4v) is 18.5. The van der Waals surface area contributed by atoms with E-state index in [0.717, 1.165) is 128 Å². The summed E-state index contributed by atoms with van der Waals surface area (Å²) in [5.74, 6) is 1.41. The molecule has 6 nitrogen and oxygen atoms in total. The lowest BCUT2D eigenvalue weighted by Crippen LogP contribution is -2.28. The third-order valence-electron chi connectivity index (χ3n) is 24.0. The van der Waals surface area contributed by atoms with Gasteiger partial charge in [0.2, 0.25) is 0 Å². The van der Waals surface area contributed by atoms with E-state index in [1.165, 1.54) is 61.2 Å². The second kappa shape index (κ2) is 29.3. The number of hydrogen-bond acceptors (Lipinski definition) is 6. The average molecular weight is 1500 g/mol. The van der Waals surface area contributed by atoms with Crippen molar-refractivity contribution in [3.05, 3.63) is 480 Å². The smallest absolute Gasteiger partial charge is 0.161 e. The van der Waals surface area contributed by atoms with Crippen LogP contribution in [0.1, 0.15) is 55.6 Å². The minimum absolute atomic E-state index is 0.475. The molecule has 19 aromatic rings. The van der Waals surface area contributed by atoms with Crippen molar-refractivity contribution in [2.75, 3.05) is 0 Å². The molecule has 0 saturated heterocycles. The summed E-state index contributed by atoms with van der Waals surface area (Å²) >= 11 is 0. The summed E-state index contributed by atoms with van der Waals surface area (Å²) in [5, 5.41) is 22.1. The molecular formula is C112H70N6. The lowest BCUT2D eigenvalue weighted by molar-refractivity contribution is 0.768. The van der Waals surface area contributed by atoms with Gasteiger partial charge in [-0.3, -0.25) is 0 Å². The molecule has 0 unspecified atom stereocenters. The number of nitriles is 2. The number of aromatic nitrogens is 4. The van der Waals surface area contributed by atoms with Crippen LogP contribution in [0.4, 0.5) is 0 Å². The van der Waals surface area contributed by atoms with Crippen molar-refractivity contribution < 1.29 is 0 Å². The highest BCUT2D eigenvalue weighted by molar-refractivity contribution is 5.98. The molecule has 118 heavy (non-hydrogen) atoms. The van der Waals surface area contributed by atoms with Crippen molar-refractivity contribution in [1.82, 2.24) is 19.9 Å². The minimum Gasteiger partial charge on any atom is -0.228 e. The fraction of sp³-hybridized carbons (Fsp3) is 0.0179. The van der Waals surface area contributed by atoms with E-state index in [9.17, 15) is 10.5 Å². The van der Waals surface area contributed by atoms with E-state index in [-0.39, 0.29) is 0 Å². The summed E-state index contributed by atoms with van der Waals surface area (Å²) in [6.45, 7) is 0. The van der Waals surface area contributed by atoms with Gasteiger partial charge in [0.25, 0.3) is 0 Å². The number of fused-ring (bicyclic) bond motifs is 14. The zero-order chi connectivity index (χ0) is 78.7. The van der Waals surface area contributed by atoms with Gasteiger partial charge in [-0.1, -0.05) is 364 Å². The largest absolute Gasteiger partial charge is 0.228 e. The van der Waals surface area contributed by atoms with Crippen LogP contribution in [0.5, 0.6) is 0 Å². The van der Waals surface area contributed by atoms with Crippen molar-refractivity contribution in [2.24, 2.45) is 0 Å². The van der Waals surface area contributed by atoms with Crippen molar-refractivity contribution in [1.29, 1.82) is 10.5 Å². The molecule has 0 atom stereocenters. The molecule has 6 heteroatoms. The molecule has 3 aliphatic carbocycles. The Balaban J connectivity index is 0.000000147. The van der Waals surface area contributed by atoms with E-state index in [2.05, 4.69) is 382 Å². The number of nitrogens with zero attached hydrogens (tertiary/aromatic N) is 6. The van der Waals surface area contributed by atoms with Crippen LogP contribution >= 0.6 is 0 Å². The molecule has 22 rings (SSSR count). The van der Waals surface area contributed by atoms with Crippen molar-refractivity contribution in [2.45, 2.75) is 10.8 Å². The van der Waals surface area contributed by atoms with E-state index in [1.54, 1.807) is 0 Å². The van der Waals surface area contributed by atoms with E-state index in [4.69, 9.17) is 19.9 Å². The van der Waals surface area contributed by atoms with Crippen molar-refractivity contribution in [3.63, 3.8) is 0 Å². The fourth-order valence-electron chi connectivity index (χ4n) is 18.5. The maximum atomic E-state index is 9.94. The zero-order valence-electron chi connectivity index (χ0n) is 64.1. The Bertz CT molecular complexity index is 7080. The SMILES string of the molecule is N#Cc1ccc2c(c1)-c1ccc(-c3ccc(-c4cccc(-c5cc(-c6ccccc6)nc(-c6cccc7ccccc67)n5)c4)cc3)cc1C21c2ccccc2-c2ccccc21.N#Cc1ccc2c(c1)-c1ccc(-c3ccc(-c4cccc(-c5cc(-c6ccccc6)nc(-c6ccccc6)n5)c4)cc3)cc1C2(c1ccccc1)c1ccccc1. The molecule has 2 aromatic heterocycles. The maximum absolute atomic E-state index is 9.94. The number of rotatable bonds is 12. The monoisotopic (exact) mass is 1500 g/mol. The summed E-state index contributed by atoms with van der Waals surface area (Å²) < 4.78 is 0. The van der Waals surface area contributed by atoms with Gasteiger partial charge in [-0.25, -0.2) is 19.9 Å². The third-order valence-corrected chi connectivity index (χ3v) is 24.0. The lowest BCUT2D eigenvalue weighted by atomic mass is 9.67. The molecule has 17 aromatic carbocycles. The highest BCUT2D eigenvalue weighted by Crippen LogP contribution is 2.64. The summed E-state index contributed by atoms with van der Waals surface area (Å²) in [7, 11) is 0. The molecule has 1 spiro atoms. The Morgan fingerprint density at radius 3 is 0.983 bits per heavy atom. The third kappa shape index (κ3) is 11.9. The first-order valence-corrected chi connectivity index (χ1v) is 39.9. The first kappa shape index (κ1) is 70.0. The molecule has 0 fully saturated rings. The molecular weight excluding hydrogens is 1430 g/mol. The van der Waals surface area contributed by atoms with Gasteiger partial charge in [0.15, 0.2) is 11.6 Å².